The molecule has 0 spiro atoms. The monoisotopic (exact) mass is 452 g/mol. The Labute approximate surface area is 177 Å². The van der Waals surface area contributed by atoms with E-state index in [0.717, 1.165) is 25.6 Å². The molecule has 1 fully saturated rings. The highest BCUT2D eigenvalue weighted by atomic mass is 32.2. The number of ether oxygens (including phenoxy) is 6. The first kappa shape index (κ1) is 25.1. The number of rotatable bonds is 7. The van der Waals surface area contributed by atoms with E-state index in [0.29, 0.717) is 6.61 Å². The normalized spacial score (nSPS) is 26.0. The number of thiocarbonyl (C=S) groups is 1. The summed E-state index contributed by atoms with van der Waals surface area (Å²) < 4.78 is 32.1. The Morgan fingerprint density at radius 3 is 1.83 bits per heavy atom. The van der Waals surface area contributed by atoms with Crippen LogP contribution in [0.2, 0.25) is 0 Å². The molecule has 12 heteroatoms. The van der Waals surface area contributed by atoms with Gasteiger partial charge in [0.15, 0.2) is 23.7 Å². The quantitative estimate of drug-likeness (QED) is 0.312. The topological polar surface area (TPSA) is 124 Å². The third kappa shape index (κ3) is 8.54. The molecule has 164 valence electrons. The van der Waals surface area contributed by atoms with Gasteiger partial charge >= 0.3 is 23.9 Å². The van der Waals surface area contributed by atoms with Crippen LogP contribution in [0.15, 0.2) is 0 Å². The van der Waals surface area contributed by atoms with Gasteiger partial charge in [-0.3, -0.25) is 19.2 Å². The summed E-state index contributed by atoms with van der Waals surface area (Å²) in [6, 6.07) is 0. The molecule has 0 saturated carbocycles. The summed E-state index contributed by atoms with van der Waals surface area (Å²) in [7, 11) is 0. The second-order valence-corrected chi connectivity index (χ2v) is 7.57. The Balaban J connectivity index is 3.29. The molecule has 1 heterocycles. The first-order valence-corrected chi connectivity index (χ1v) is 9.97. The zero-order chi connectivity index (χ0) is 22.1. The number of esters is 4. The molecular weight excluding hydrogens is 428 g/mol. The Kier molecular flexibility index (Phi) is 10.3. The fourth-order valence-corrected chi connectivity index (χ4v) is 3.85. The van der Waals surface area contributed by atoms with Gasteiger partial charge in [0.1, 0.15) is 12.7 Å². The molecule has 10 nitrogen and oxygen atoms in total. The molecule has 1 saturated heterocycles. The summed E-state index contributed by atoms with van der Waals surface area (Å²) in [6.45, 7) is 6.41. The van der Waals surface area contributed by atoms with E-state index >= 15 is 0 Å². The van der Waals surface area contributed by atoms with Crippen LogP contribution in [0.3, 0.4) is 0 Å². The lowest BCUT2D eigenvalue weighted by Gasteiger charge is -2.43. The molecule has 29 heavy (non-hydrogen) atoms. The van der Waals surface area contributed by atoms with Crippen LogP contribution in [0.25, 0.3) is 0 Å². The van der Waals surface area contributed by atoms with Gasteiger partial charge in [-0.05, 0) is 30.9 Å². The predicted molar refractivity (Wildman–Crippen MR) is 104 cm³/mol. The van der Waals surface area contributed by atoms with Crippen LogP contribution >= 0.6 is 24.0 Å². The van der Waals surface area contributed by atoms with Crippen molar-refractivity contribution >= 4 is 52.2 Å². The van der Waals surface area contributed by atoms with Crippen molar-refractivity contribution in [2.24, 2.45) is 0 Å². The van der Waals surface area contributed by atoms with Crippen molar-refractivity contribution in [1.82, 2.24) is 0 Å². The van der Waals surface area contributed by atoms with E-state index in [2.05, 4.69) is 0 Å². The van der Waals surface area contributed by atoms with Crippen LogP contribution < -0.4 is 0 Å². The van der Waals surface area contributed by atoms with Crippen molar-refractivity contribution in [1.29, 1.82) is 0 Å². The van der Waals surface area contributed by atoms with E-state index < -0.39 is 53.7 Å². The van der Waals surface area contributed by atoms with Gasteiger partial charge < -0.3 is 28.4 Å². The van der Waals surface area contributed by atoms with Crippen LogP contribution in [-0.4, -0.2) is 71.3 Å². The fourth-order valence-electron chi connectivity index (χ4n) is 2.53. The SMILES string of the molecule is CCOC(=S)S[C@@H]1O[C@@H](COC(C)=O)[C@@H](OC(C)=O)[C@@H](OC(C)=O)[C@@H]1OC(C)=O. The van der Waals surface area contributed by atoms with Crippen molar-refractivity contribution in [3.05, 3.63) is 0 Å². The molecule has 0 unspecified atom stereocenters. The third-order valence-electron chi connectivity index (χ3n) is 3.42. The van der Waals surface area contributed by atoms with Gasteiger partial charge in [-0.1, -0.05) is 0 Å². The minimum absolute atomic E-state index is 0.105. The average Bonchev–Trinajstić information content (AvgIpc) is 2.57. The second kappa shape index (κ2) is 11.9. The van der Waals surface area contributed by atoms with E-state index in [1.54, 1.807) is 6.92 Å². The van der Waals surface area contributed by atoms with Gasteiger partial charge in [-0.2, -0.15) is 0 Å². The summed E-state index contributed by atoms with van der Waals surface area (Å²) in [6.07, 6.45) is -4.60. The molecule has 0 aromatic carbocycles. The first-order chi connectivity index (χ1) is 13.5. The molecule has 5 atom stereocenters. The summed E-state index contributed by atoms with van der Waals surface area (Å²) in [4.78, 5) is 46.2. The van der Waals surface area contributed by atoms with Crippen molar-refractivity contribution < 1.29 is 47.6 Å². The van der Waals surface area contributed by atoms with Crippen LogP contribution in [0, 0.1) is 0 Å². The summed E-state index contributed by atoms with van der Waals surface area (Å²) in [5.41, 5.74) is -0.977. The van der Waals surface area contributed by atoms with E-state index in [9.17, 15) is 19.2 Å². The lowest BCUT2D eigenvalue weighted by molar-refractivity contribution is -0.237. The standard InChI is InChI=1S/C17H24O10S2/c1-6-22-17(28)29-16-15(26-11(5)21)14(25-10(4)20)13(24-9(3)19)12(27-16)7-23-8(2)18/h12-16H,6-7H2,1-5H3/t12-,13+,14+,15-,16-/m0/s1. The van der Waals surface area contributed by atoms with Crippen molar-refractivity contribution in [2.45, 2.75) is 64.5 Å². The minimum atomic E-state index is -1.23. The Morgan fingerprint density at radius 1 is 0.828 bits per heavy atom. The van der Waals surface area contributed by atoms with Gasteiger partial charge in [-0.25, -0.2) is 0 Å². The molecule has 1 aliphatic rings. The lowest BCUT2D eigenvalue weighted by atomic mass is 9.99. The van der Waals surface area contributed by atoms with E-state index in [-0.39, 0.29) is 11.0 Å². The number of carbonyl (C=O) groups is 4. The van der Waals surface area contributed by atoms with Gasteiger partial charge in [0, 0.05) is 27.7 Å². The van der Waals surface area contributed by atoms with Gasteiger partial charge in [0.05, 0.1) is 6.61 Å². The Hall–Kier alpha value is -1.92. The zero-order valence-electron chi connectivity index (χ0n) is 16.7. The zero-order valence-corrected chi connectivity index (χ0v) is 18.3. The van der Waals surface area contributed by atoms with E-state index in [1.165, 1.54) is 13.8 Å². The van der Waals surface area contributed by atoms with Crippen LogP contribution in [-0.2, 0) is 47.6 Å². The predicted octanol–water partition coefficient (Wildman–Crippen LogP) is 1.12. The molecule has 0 aromatic rings. The maximum Gasteiger partial charge on any atom is 0.303 e. The Morgan fingerprint density at radius 2 is 1.34 bits per heavy atom. The Bertz CT molecular complexity index is 638. The smallest absolute Gasteiger partial charge is 0.303 e. The average molecular weight is 453 g/mol. The van der Waals surface area contributed by atoms with E-state index in [1.807, 2.05) is 0 Å². The molecule has 0 N–H and O–H groups in total. The molecule has 0 aromatic heterocycles. The van der Waals surface area contributed by atoms with Gasteiger partial charge in [0.25, 0.3) is 0 Å². The number of hydrogen-bond acceptors (Lipinski definition) is 12. The maximum atomic E-state index is 11.7. The molecule has 1 rings (SSSR count). The minimum Gasteiger partial charge on any atom is -0.479 e. The summed E-state index contributed by atoms with van der Waals surface area (Å²) in [5, 5.41) is 0. The maximum absolute atomic E-state index is 11.7. The fraction of sp³-hybridized carbons (Fsp3) is 0.706. The van der Waals surface area contributed by atoms with Gasteiger partial charge in [0.2, 0.25) is 4.38 Å². The van der Waals surface area contributed by atoms with Crippen molar-refractivity contribution in [3.8, 4) is 0 Å². The van der Waals surface area contributed by atoms with Gasteiger partial charge in [-0.15, -0.1) is 0 Å². The highest BCUT2D eigenvalue weighted by molar-refractivity contribution is 8.22. The van der Waals surface area contributed by atoms with Crippen LogP contribution in [0.4, 0.5) is 0 Å². The van der Waals surface area contributed by atoms with Crippen LogP contribution in [0.5, 0.6) is 0 Å². The number of thioether (sulfide) groups is 1. The highest BCUT2D eigenvalue weighted by Crippen LogP contribution is 2.35. The van der Waals surface area contributed by atoms with Crippen LogP contribution in [0.1, 0.15) is 34.6 Å². The third-order valence-corrected chi connectivity index (χ3v) is 4.75. The summed E-state index contributed by atoms with van der Waals surface area (Å²) in [5.74, 6) is -2.66. The molecule has 0 radical (unpaired) electrons. The van der Waals surface area contributed by atoms with Crippen molar-refractivity contribution in [2.75, 3.05) is 13.2 Å². The number of carbonyl (C=O) groups excluding carboxylic acids is 4. The lowest BCUT2D eigenvalue weighted by Crippen LogP contribution is -2.61. The number of hydrogen-bond donors (Lipinski definition) is 0. The summed E-state index contributed by atoms with van der Waals surface area (Å²) >= 11 is 6.04. The molecule has 1 aliphatic heterocycles. The first-order valence-electron chi connectivity index (χ1n) is 8.69. The molecule has 0 bridgehead atoms. The van der Waals surface area contributed by atoms with E-state index in [4.69, 9.17) is 40.6 Å². The molecule has 0 amide bonds. The molecule has 0 aliphatic carbocycles. The second-order valence-electron chi connectivity index (χ2n) is 5.87. The molecular formula is C17H24O10S2. The largest absolute Gasteiger partial charge is 0.479 e. The highest BCUT2D eigenvalue weighted by Gasteiger charge is 2.52. The van der Waals surface area contributed by atoms with Crippen molar-refractivity contribution in [3.63, 3.8) is 0 Å².